The van der Waals surface area contributed by atoms with Gasteiger partial charge in [0.15, 0.2) is 0 Å². The maximum Gasteiger partial charge on any atom is -0.0259 e. The maximum absolute atomic E-state index is 3.87. The van der Waals surface area contributed by atoms with E-state index < -0.39 is 0 Å². The smallest absolute Gasteiger partial charge is 0.0259 e. The van der Waals surface area contributed by atoms with Crippen LogP contribution < -0.4 is 0 Å². The fraction of sp³-hybridized carbons (Fsp3) is 0.562. The summed E-state index contributed by atoms with van der Waals surface area (Å²) in [6, 6.07) is 0. The normalized spacial score (nSPS) is 14.2. The van der Waals surface area contributed by atoms with Crippen molar-refractivity contribution in [3.05, 3.63) is 42.4 Å². The van der Waals surface area contributed by atoms with Gasteiger partial charge < -0.3 is 0 Å². The summed E-state index contributed by atoms with van der Waals surface area (Å²) in [5, 5.41) is 0. The predicted octanol–water partition coefficient (Wildman–Crippen LogP) is 5.49. The molecule has 0 heteroatoms. The van der Waals surface area contributed by atoms with Gasteiger partial charge in [0, 0.05) is 0 Å². The van der Waals surface area contributed by atoms with Gasteiger partial charge in [0.2, 0.25) is 0 Å². The van der Waals surface area contributed by atoms with Crippen LogP contribution in [-0.2, 0) is 0 Å². The Kier molecular flexibility index (Phi) is 8.99. The zero-order valence-electron chi connectivity index (χ0n) is 11.4. The minimum absolute atomic E-state index is 0.652. The van der Waals surface area contributed by atoms with Crippen molar-refractivity contribution in [2.24, 2.45) is 5.92 Å². The molecule has 0 aromatic carbocycles. The van der Waals surface area contributed by atoms with Gasteiger partial charge in [-0.2, -0.15) is 0 Å². The summed E-state index contributed by atoms with van der Waals surface area (Å²) in [4.78, 5) is 0. The van der Waals surface area contributed by atoms with Gasteiger partial charge in [-0.15, -0.1) is 0 Å². The lowest BCUT2D eigenvalue weighted by Crippen LogP contribution is -1.86. The zero-order valence-corrected chi connectivity index (χ0v) is 11.4. The quantitative estimate of drug-likeness (QED) is 0.392. The predicted molar refractivity (Wildman–Crippen MR) is 75.3 cm³/mol. The number of rotatable bonds is 7. The van der Waals surface area contributed by atoms with Crippen LogP contribution in [0.25, 0.3) is 0 Å². The van der Waals surface area contributed by atoms with Crippen molar-refractivity contribution >= 4 is 0 Å². The van der Waals surface area contributed by atoms with Gasteiger partial charge in [-0.3, -0.25) is 0 Å². The van der Waals surface area contributed by atoms with E-state index >= 15 is 0 Å². The molecule has 0 fully saturated rings. The zero-order chi connectivity index (χ0) is 12.4. The molecule has 0 bridgehead atoms. The van der Waals surface area contributed by atoms with Crippen molar-refractivity contribution in [1.82, 2.24) is 0 Å². The minimum atomic E-state index is 0.652. The Bertz CT molecular complexity index is 249. The van der Waals surface area contributed by atoms with Crippen molar-refractivity contribution in [1.29, 1.82) is 0 Å². The number of hydrogen-bond donors (Lipinski definition) is 0. The van der Waals surface area contributed by atoms with E-state index in [1.165, 1.54) is 24.0 Å². The highest BCUT2D eigenvalue weighted by Crippen LogP contribution is 2.09. The Morgan fingerprint density at radius 1 is 1.25 bits per heavy atom. The summed E-state index contributed by atoms with van der Waals surface area (Å²) in [6.07, 6.45) is 13.5. The molecule has 1 atom stereocenters. The van der Waals surface area contributed by atoms with Gasteiger partial charge in [0.05, 0.1) is 0 Å². The third-order valence-corrected chi connectivity index (χ3v) is 2.57. The summed E-state index contributed by atoms with van der Waals surface area (Å²) in [5.41, 5.74) is 2.86. The molecule has 0 rings (SSSR count). The van der Waals surface area contributed by atoms with E-state index in [4.69, 9.17) is 0 Å². The first-order valence-electron chi connectivity index (χ1n) is 6.32. The molecular formula is C16H27. The van der Waals surface area contributed by atoms with Crippen LogP contribution in [0.1, 0.15) is 53.4 Å². The Morgan fingerprint density at radius 2 is 1.94 bits per heavy atom. The van der Waals surface area contributed by atoms with E-state index in [1.54, 1.807) is 0 Å². The molecule has 0 amide bonds. The van der Waals surface area contributed by atoms with Crippen LogP contribution in [-0.4, -0.2) is 0 Å². The van der Waals surface area contributed by atoms with E-state index in [0.29, 0.717) is 5.92 Å². The van der Waals surface area contributed by atoms with Crippen LogP contribution in [0.15, 0.2) is 35.5 Å². The molecule has 0 aromatic heterocycles. The first kappa shape index (κ1) is 15.2. The second-order valence-electron chi connectivity index (χ2n) is 4.84. The second-order valence-corrected chi connectivity index (χ2v) is 4.84. The molecule has 0 nitrogen and oxygen atoms in total. The molecule has 0 saturated carbocycles. The topological polar surface area (TPSA) is 0 Å². The highest BCUT2D eigenvalue weighted by molar-refractivity contribution is 5.12. The fourth-order valence-corrected chi connectivity index (χ4v) is 1.50. The van der Waals surface area contributed by atoms with E-state index in [2.05, 4.69) is 58.9 Å². The van der Waals surface area contributed by atoms with E-state index in [1.807, 2.05) is 0 Å². The van der Waals surface area contributed by atoms with E-state index in [-0.39, 0.29) is 0 Å². The Labute approximate surface area is 102 Å². The molecule has 0 N–H and O–H groups in total. The summed E-state index contributed by atoms with van der Waals surface area (Å²) in [6.45, 7) is 12.6. The van der Waals surface area contributed by atoms with Crippen molar-refractivity contribution in [3.63, 3.8) is 0 Å². The Balaban J connectivity index is 3.90. The highest BCUT2D eigenvalue weighted by atomic mass is 14.0. The monoisotopic (exact) mass is 219 g/mol. The summed E-state index contributed by atoms with van der Waals surface area (Å²) >= 11 is 0. The van der Waals surface area contributed by atoms with Crippen molar-refractivity contribution in [2.45, 2.75) is 53.4 Å². The average Bonchev–Trinajstić information content (AvgIpc) is 2.17. The van der Waals surface area contributed by atoms with Crippen molar-refractivity contribution in [2.75, 3.05) is 0 Å². The van der Waals surface area contributed by atoms with E-state index in [0.717, 1.165) is 12.8 Å². The maximum atomic E-state index is 3.87. The largest absolute Gasteiger partial charge is 0.0856 e. The van der Waals surface area contributed by atoms with Crippen LogP contribution in [0, 0.1) is 12.8 Å². The van der Waals surface area contributed by atoms with Crippen molar-refractivity contribution < 1.29 is 0 Å². The van der Waals surface area contributed by atoms with Crippen LogP contribution >= 0.6 is 0 Å². The molecule has 0 aromatic rings. The van der Waals surface area contributed by atoms with Gasteiger partial charge in [-0.1, -0.05) is 55.7 Å². The van der Waals surface area contributed by atoms with Crippen LogP contribution in [0.4, 0.5) is 0 Å². The fourth-order valence-electron chi connectivity index (χ4n) is 1.50. The summed E-state index contributed by atoms with van der Waals surface area (Å²) in [7, 11) is 0. The average molecular weight is 219 g/mol. The van der Waals surface area contributed by atoms with Crippen LogP contribution in [0.3, 0.4) is 0 Å². The van der Waals surface area contributed by atoms with Gasteiger partial charge in [0.1, 0.15) is 0 Å². The number of hydrogen-bond acceptors (Lipinski definition) is 0. The lowest BCUT2D eigenvalue weighted by Gasteiger charge is -2.01. The molecule has 16 heavy (non-hydrogen) atoms. The van der Waals surface area contributed by atoms with Crippen molar-refractivity contribution in [3.8, 4) is 0 Å². The molecule has 1 radical (unpaired) electrons. The molecule has 0 spiro atoms. The first-order valence-corrected chi connectivity index (χ1v) is 6.32. The summed E-state index contributed by atoms with van der Waals surface area (Å²) in [5.74, 6) is 0.652. The minimum Gasteiger partial charge on any atom is -0.0856 e. The SMILES string of the molecule is [CH2]CCC(C)/C=C/C=C(\C)CCC=C(C)C. The van der Waals surface area contributed by atoms with Gasteiger partial charge in [0.25, 0.3) is 0 Å². The molecule has 91 valence electrons. The third-order valence-electron chi connectivity index (χ3n) is 2.57. The lowest BCUT2D eigenvalue weighted by molar-refractivity contribution is 0.656. The molecule has 0 aliphatic carbocycles. The van der Waals surface area contributed by atoms with E-state index in [9.17, 15) is 0 Å². The molecule has 0 saturated heterocycles. The van der Waals surface area contributed by atoms with Crippen LogP contribution in [0.2, 0.25) is 0 Å². The Morgan fingerprint density at radius 3 is 2.50 bits per heavy atom. The molecule has 0 heterocycles. The second kappa shape index (κ2) is 9.45. The van der Waals surface area contributed by atoms with Crippen LogP contribution in [0.5, 0.6) is 0 Å². The highest BCUT2D eigenvalue weighted by Gasteiger charge is 1.92. The standard InChI is InChI=1S/C16H27/c1-6-9-15(4)12-8-13-16(5)11-7-10-14(2)3/h8,10,12-13,15H,1,6-7,9,11H2,2-5H3/b12-8+,16-13+. The molecule has 1 unspecified atom stereocenters. The molecule has 0 aliphatic heterocycles. The third kappa shape index (κ3) is 9.76. The Hall–Kier alpha value is -0.780. The molecule has 0 aliphatic rings. The molecular weight excluding hydrogens is 192 g/mol. The summed E-state index contributed by atoms with van der Waals surface area (Å²) < 4.78 is 0. The van der Waals surface area contributed by atoms with Gasteiger partial charge in [-0.25, -0.2) is 0 Å². The number of allylic oxidation sites excluding steroid dienone is 6. The van der Waals surface area contributed by atoms with Gasteiger partial charge in [-0.05, 0) is 46.0 Å². The first-order chi connectivity index (χ1) is 7.56. The van der Waals surface area contributed by atoms with Gasteiger partial charge >= 0.3 is 0 Å². The lowest BCUT2D eigenvalue weighted by atomic mass is 10.0.